The normalized spacial score (nSPS) is 14.8. The highest BCUT2D eigenvalue weighted by atomic mass is 35.5. The summed E-state index contributed by atoms with van der Waals surface area (Å²) in [7, 11) is 1.73. The van der Waals surface area contributed by atoms with Crippen LogP contribution in [0.3, 0.4) is 0 Å². The highest BCUT2D eigenvalue weighted by Gasteiger charge is 2.16. The van der Waals surface area contributed by atoms with Gasteiger partial charge in [0.25, 0.3) is 0 Å². The number of hydrogen-bond donors (Lipinski definition) is 1. The van der Waals surface area contributed by atoms with Crippen LogP contribution >= 0.6 is 11.6 Å². The van der Waals surface area contributed by atoms with Gasteiger partial charge in [0, 0.05) is 18.7 Å². The maximum Gasteiger partial charge on any atom is 0.0491 e. The van der Waals surface area contributed by atoms with E-state index in [2.05, 4.69) is 13.0 Å². The topological polar surface area (TPSA) is 35.2 Å². The molecule has 0 spiro atoms. The van der Waals surface area contributed by atoms with Gasteiger partial charge in [-0.2, -0.15) is 0 Å². The van der Waals surface area contributed by atoms with Gasteiger partial charge in [-0.1, -0.05) is 30.7 Å². The molecule has 0 heterocycles. The number of rotatable bonds is 6. The zero-order chi connectivity index (χ0) is 12.0. The van der Waals surface area contributed by atoms with Crippen molar-refractivity contribution in [3.8, 4) is 0 Å². The second kappa shape index (κ2) is 6.89. The summed E-state index contributed by atoms with van der Waals surface area (Å²) in [5, 5.41) is 0.785. The third-order valence-corrected chi connectivity index (χ3v) is 3.16. The molecule has 0 saturated carbocycles. The molecule has 2 nitrogen and oxygen atoms in total. The van der Waals surface area contributed by atoms with Gasteiger partial charge < -0.3 is 10.5 Å². The Morgan fingerprint density at radius 2 is 2.19 bits per heavy atom. The van der Waals surface area contributed by atoms with E-state index in [1.807, 2.05) is 18.2 Å². The van der Waals surface area contributed by atoms with Crippen LogP contribution in [0.1, 0.15) is 12.5 Å². The molecule has 2 atom stereocenters. The SMILES string of the molecule is COCC(C)C(CN)Cc1cccc(Cl)c1. The predicted octanol–water partition coefficient (Wildman–Crippen LogP) is 2.74. The lowest BCUT2D eigenvalue weighted by Gasteiger charge is -2.22. The largest absolute Gasteiger partial charge is 0.384 e. The van der Waals surface area contributed by atoms with Gasteiger partial charge in [-0.25, -0.2) is 0 Å². The molecule has 2 N–H and O–H groups in total. The van der Waals surface area contributed by atoms with Gasteiger partial charge >= 0.3 is 0 Å². The third-order valence-electron chi connectivity index (χ3n) is 2.92. The Kier molecular flexibility index (Phi) is 5.81. The summed E-state index contributed by atoms with van der Waals surface area (Å²) >= 11 is 5.96. The molecule has 0 aliphatic rings. The highest BCUT2D eigenvalue weighted by molar-refractivity contribution is 6.30. The molecule has 90 valence electrons. The molecule has 0 aromatic heterocycles. The molecule has 1 aromatic carbocycles. The standard InChI is InChI=1S/C13H20ClNO/c1-10(9-16-2)12(8-15)6-11-4-3-5-13(14)7-11/h3-5,7,10,12H,6,8-9,15H2,1-2H3. The summed E-state index contributed by atoms with van der Waals surface area (Å²) in [5.74, 6) is 0.910. The van der Waals surface area contributed by atoms with Crippen LogP contribution in [-0.2, 0) is 11.2 Å². The van der Waals surface area contributed by atoms with E-state index in [4.69, 9.17) is 22.1 Å². The number of benzene rings is 1. The summed E-state index contributed by atoms with van der Waals surface area (Å²) in [6.07, 6.45) is 0.960. The Bertz CT molecular complexity index is 317. The first-order valence-electron chi connectivity index (χ1n) is 5.60. The Balaban J connectivity index is 2.62. The Labute approximate surface area is 103 Å². The monoisotopic (exact) mass is 241 g/mol. The van der Waals surface area contributed by atoms with Crippen LogP contribution in [0, 0.1) is 11.8 Å². The maximum absolute atomic E-state index is 5.96. The van der Waals surface area contributed by atoms with Crippen molar-refractivity contribution in [3.05, 3.63) is 34.9 Å². The zero-order valence-electron chi connectivity index (χ0n) is 9.95. The second-order valence-electron chi connectivity index (χ2n) is 4.26. The number of methoxy groups -OCH3 is 1. The predicted molar refractivity (Wildman–Crippen MR) is 68.7 cm³/mol. The molecule has 0 amide bonds. The van der Waals surface area contributed by atoms with Crippen molar-refractivity contribution in [1.82, 2.24) is 0 Å². The van der Waals surface area contributed by atoms with Crippen molar-refractivity contribution in [1.29, 1.82) is 0 Å². The summed E-state index contributed by atoms with van der Waals surface area (Å²) in [4.78, 5) is 0. The van der Waals surface area contributed by atoms with Crippen molar-refractivity contribution in [2.45, 2.75) is 13.3 Å². The minimum Gasteiger partial charge on any atom is -0.384 e. The van der Waals surface area contributed by atoms with Crippen LogP contribution in [-0.4, -0.2) is 20.3 Å². The summed E-state index contributed by atoms with van der Waals surface area (Å²) in [6, 6.07) is 7.96. The van der Waals surface area contributed by atoms with Gasteiger partial charge in [0.15, 0.2) is 0 Å². The minimum absolute atomic E-state index is 0.443. The molecule has 0 aliphatic carbocycles. The molecule has 0 fully saturated rings. The average molecular weight is 242 g/mol. The lowest BCUT2D eigenvalue weighted by molar-refractivity contribution is 0.131. The van der Waals surface area contributed by atoms with Crippen molar-refractivity contribution in [2.75, 3.05) is 20.3 Å². The Hall–Kier alpha value is -0.570. The van der Waals surface area contributed by atoms with Crippen LogP contribution in [0.4, 0.5) is 0 Å². The second-order valence-corrected chi connectivity index (χ2v) is 4.70. The van der Waals surface area contributed by atoms with Crippen LogP contribution in [0.2, 0.25) is 5.02 Å². The van der Waals surface area contributed by atoms with E-state index in [9.17, 15) is 0 Å². The fourth-order valence-electron chi connectivity index (χ4n) is 1.88. The number of nitrogens with two attached hydrogens (primary N) is 1. The Morgan fingerprint density at radius 3 is 2.75 bits per heavy atom. The first-order chi connectivity index (χ1) is 7.67. The molecule has 0 bridgehead atoms. The summed E-state index contributed by atoms with van der Waals surface area (Å²) in [5.41, 5.74) is 7.04. The van der Waals surface area contributed by atoms with Gasteiger partial charge in [-0.3, -0.25) is 0 Å². The van der Waals surface area contributed by atoms with Gasteiger partial charge in [0.1, 0.15) is 0 Å². The van der Waals surface area contributed by atoms with Crippen molar-refractivity contribution >= 4 is 11.6 Å². The molecule has 0 radical (unpaired) electrons. The van der Waals surface area contributed by atoms with Crippen molar-refractivity contribution in [3.63, 3.8) is 0 Å². The fraction of sp³-hybridized carbons (Fsp3) is 0.538. The molecule has 1 rings (SSSR count). The van der Waals surface area contributed by atoms with E-state index < -0.39 is 0 Å². The fourth-order valence-corrected chi connectivity index (χ4v) is 2.10. The van der Waals surface area contributed by atoms with E-state index in [0.717, 1.165) is 18.1 Å². The number of halogens is 1. The van der Waals surface area contributed by atoms with E-state index in [0.29, 0.717) is 18.4 Å². The van der Waals surface area contributed by atoms with Gasteiger partial charge in [0.05, 0.1) is 0 Å². The van der Waals surface area contributed by atoms with E-state index >= 15 is 0 Å². The minimum atomic E-state index is 0.443. The molecule has 16 heavy (non-hydrogen) atoms. The highest BCUT2D eigenvalue weighted by Crippen LogP contribution is 2.19. The molecular weight excluding hydrogens is 222 g/mol. The quantitative estimate of drug-likeness (QED) is 0.831. The first kappa shape index (κ1) is 13.5. The maximum atomic E-state index is 5.96. The molecule has 3 heteroatoms. The number of hydrogen-bond acceptors (Lipinski definition) is 2. The smallest absolute Gasteiger partial charge is 0.0491 e. The van der Waals surface area contributed by atoms with E-state index in [1.54, 1.807) is 7.11 Å². The molecule has 0 saturated heterocycles. The van der Waals surface area contributed by atoms with Crippen molar-refractivity contribution < 1.29 is 4.74 Å². The first-order valence-corrected chi connectivity index (χ1v) is 5.98. The molecule has 1 aromatic rings. The third kappa shape index (κ3) is 4.12. The lowest BCUT2D eigenvalue weighted by atomic mass is 9.88. The van der Waals surface area contributed by atoms with Crippen LogP contribution < -0.4 is 5.73 Å². The van der Waals surface area contributed by atoms with E-state index in [1.165, 1.54) is 5.56 Å². The van der Waals surface area contributed by atoms with Crippen molar-refractivity contribution in [2.24, 2.45) is 17.6 Å². The van der Waals surface area contributed by atoms with E-state index in [-0.39, 0.29) is 0 Å². The van der Waals surface area contributed by atoms with Gasteiger partial charge in [-0.05, 0) is 42.5 Å². The molecular formula is C13H20ClNO. The lowest BCUT2D eigenvalue weighted by Crippen LogP contribution is -2.26. The van der Waals surface area contributed by atoms with Gasteiger partial charge in [-0.15, -0.1) is 0 Å². The molecule has 2 unspecified atom stereocenters. The summed E-state index contributed by atoms with van der Waals surface area (Å²) in [6.45, 7) is 3.60. The van der Waals surface area contributed by atoms with Crippen LogP contribution in [0.25, 0.3) is 0 Å². The Morgan fingerprint density at radius 1 is 1.44 bits per heavy atom. The average Bonchev–Trinajstić information content (AvgIpc) is 2.26. The van der Waals surface area contributed by atoms with Gasteiger partial charge in [0.2, 0.25) is 0 Å². The summed E-state index contributed by atoms with van der Waals surface area (Å²) < 4.78 is 5.17. The van der Waals surface area contributed by atoms with Crippen LogP contribution in [0.15, 0.2) is 24.3 Å². The van der Waals surface area contributed by atoms with Crippen LogP contribution in [0.5, 0.6) is 0 Å². The zero-order valence-corrected chi connectivity index (χ0v) is 10.7. The molecule has 0 aliphatic heterocycles. The number of ether oxygens (including phenoxy) is 1.